The van der Waals surface area contributed by atoms with E-state index in [1.165, 1.54) is 0 Å². The molecule has 0 fully saturated rings. The van der Waals surface area contributed by atoms with Crippen LogP contribution >= 0.6 is 0 Å². The Morgan fingerprint density at radius 2 is 2.00 bits per heavy atom. The van der Waals surface area contributed by atoms with Crippen LogP contribution in [0.1, 0.15) is 31.2 Å². The first-order valence-corrected chi connectivity index (χ1v) is 5.95. The molecule has 0 bridgehead atoms. The van der Waals surface area contributed by atoms with Crippen LogP contribution in [0.25, 0.3) is 0 Å². The topological polar surface area (TPSA) is 81.1 Å². The summed E-state index contributed by atoms with van der Waals surface area (Å²) < 4.78 is 0. The average molecular weight is 235 g/mol. The number of nitrogens with one attached hydrogen (secondary N) is 1. The Morgan fingerprint density at radius 3 is 2.59 bits per heavy atom. The van der Waals surface area contributed by atoms with Crippen molar-refractivity contribution in [2.24, 2.45) is 5.73 Å². The first-order valence-electron chi connectivity index (χ1n) is 5.95. The number of rotatable bonds is 6. The number of carbonyl (C=O) groups excluding carboxylic acids is 1. The van der Waals surface area contributed by atoms with Gasteiger partial charge in [-0.3, -0.25) is 4.79 Å². The third-order valence-electron chi connectivity index (χ3n) is 2.70. The molecule has 0 aliphatic carbocycles. The van der Waals surface area contributed by atoms with E-state index in [0.717, 1.165) is 17.7 Å². The van der Waals surface area contributed by atoms with Crippen LogP contribution in [0, 0.1) is 0 Å². The lowest BCUT2D eigenvalue weighted by molar-refractivity contribution is -0.121. The van der Waals surface area contributed by atoms with E-state index < -0.39 is 0 Å². The Bertz CT molecular complexity index is 348. The zero-order chi connectivity index (χ0) is 12.7. The highest BCUT2D eigenvalue weighted by atomic mass is 16.1. The molecule has 0 radical (unpaired) electrons. The quantitative estimate of drug-likeness (QED) is 0.512. The molecule has 0 aliphatic rings. The van der Waals surface area contributed by atoms with Crippen LogP contribution in [-0.4, -0.2) is 19.0 Å². The first-order chi connectivity index (χ1) is 8.13. The molecule has 0 saturated heterocycles. The SMILES string of the molecule is CC(CC(=O)NCCCN)c1ccc(N)cc1. The van der Waals surface area contributed by atoms with Gasteiger partial charge in [0.25, 0.3) is 0 Å². The number of benzene rings is 1. The number of anilines is 1. The molecule has 0 aliphatic heterocycles. The minimum absolute atomic E-state index is 0.0720. The number of hydrogen-bond acceptors (Lipinski definition) is 3. The predicted molar refractivity (Wildman–Crippen MR) is 70.6 cm³/mol. The van der Waals surface area contributed by atoms with Gasteiger partial charge < -0.3 is 16.8 Å². The van der Waals surface area contributed by atoms with E-state index in [9.17, 15) is 4.79 Å². The molecule has 0 spiro atoms. The van der Waals surface area contributed by atoms with Crippen molar-refractivity contribution in [3.63, 3.8) is 0 Å². The van der Waals surface area contributed by atoms with E-state index in [1.54, 1.807) is 0 Å². The summed E-state index contributed by atoms with van der Waals surface area (Å²) in [5, 5.41) is 2.85. The molecule has 17 heavy (non-hydrogen) atoms. The summed E-state index contributed by atoms with van der Waals surface area (Å²) in [5.74, 6) is 0.274. The van der Waals surface area contributed by atoms with Gasteiger partial charge in [0.1, 0.15) is 0 Å². The maximum atomic E-state index is 11.6. The summed E-state index contributed by atoms with van der Waals surface area (Å²) >= 11 is 0. The van der Waals surface area contributed by atoms with Crippen LogP contribution in [0.3, 0.4) is 0 Å². The largest absolute Gasteiger partial charge is 0.399 e. The average Bonchev–Trinajstić information content (AvgIpc) is 2.30. The molecule has 4 nitrogen and oxygen atoms in total. The molecule has 1 amide bonds. The van der Waals surface area contributed by atoms with E-state index in [-0.39, 0.29) is 11.8 Å². The highest BCUT2D eigenvalue weighted by Crippen LogP contribution is 2.19. The summed E-state index contributed by atoms with van der Waals surface area (Å²) in [7, 11) is 0. The molecule has 1 aromatic rings. The van der Waals surface area contributed by atoms with Crippen molar-refractivity contribution in [3.05, 3.63) is 29.8 Å². The molecule has 0 aromatic heterocycles. The predicted octanol–water partition coefficient (Wildman–Crippen LogP) is 1.23. The number of amides is 1. The van der Waals surface area contributed by atoms with Crippen LogP contribution in [0.15, 0.2) is 24.3 Å². The van der Waals surface area contributed by atoms with Gasteiger partial charge >= 0.3 is 0 Å². The van der Waals surface area contributed by atoms with Crippen molar-refractivity contribution in [3.8, 4) is 0 Å². The second-order valence-corrected chi connectivity index (χ2v) is 4.26. The van der Waals surface area contributed by atoms with Gasteiger partial charge in [-0.2, -0.15) is 0 Å². The number of hydrogen-bond donors (Lipinski definition) is 3. The molecule has 1 unspecified atom stereocenters. The summed E-state index contributed by atoms with van der Waals surface area (Å²) in [6.07, 6.45) is 1.32. The van der Waals surface area contributed by atoms with E-state index in [0.29, 0.717) is 19.5 Å². The van der Waals surface area contributed by atoms with Gasteiger partial charge in [-0.05, 0) is 36.6 Å². The van der Waals surface area contributed by atoms with Crippen LogP contribution in [-0.2, 0) is 4.79 Å². The number of carbonyl (C=O) groups is 1. The highest BCUT2D eigenvalue weighted by molar-refractivity contribution is 5.76. The monoisotopic (exact) mass is 235 g/mol. The Kier molecular flexibility index (Phi) is 5.49. The van der Waals surface area contributed by atoms with Gasteiger partial charge in [0, 0.05) is 18.7 Å². The molecule has 1 aromatic carbocycles. The third kappa shape index (κ3) is 4.87. The van der Waals surface area contributed by atoms with Crippen molar-refractivity contribution in [2.75, 3.05) is 18.8 Å². The van der Waals surface area contributed by atoms with E-state index in [1.807, 2.05) is 31.2 Å². The molecule has 0 heterocycles. The zero-order valence-corrected chi connectivity index (χ0v) is 10.3. The molecule has 1 rings (SSSR count). The summed E-state index contributed by atoms with van der Waals surface area (Å²) in [5.41, 5.74) is 12.9. The molecular formula is C13H21N3O. The minimum atomic E-state index is 0.0720. The van der Waals surface area contributed by atoms with Crippen molar-refractivity contribution >= 4 is 11.6 Å². The maximum absolute atomic E-state index is 11.6. The zero-order valence-electron chi connectivity index (χ0n) is 10.3. The Morgan fingerprint density at radius 1 is 1.35 bits per heavy atom. The van der Waals surface area contributed by atoms with E-state index in [2.05, 4.69) is 5.32 Å². The minimum Gasteiger partial charge on any atom is -0.399 e. The maximum Gasteiger partial charge on any atom is 0.220 e. The summed E-state index contributed by atoms with van der Waals surface area (Å²) in [6, 6.07) is 7.65. The van der Waals surface area contributed by atoms with Crippen molar-refractivity contribution in [1.29, 1.82) is 0 Å². The Balaban J connectivity index is 2.40. The molecule has 4 heteroatoms. The normalized spacial score (nSPS) is 12.1. The van der Waals surface area contributed by atoms with Gasteiger partial charge in [0.2, 0.25) is 5.91 Å². The lowest BCUT2D eigenvalue weighted by Gasteiger charge is -2.12. The van der Waals surface area contributed by atoms with Crippen LogP contribution in [0.2, 0.25) is 0 Å². The van der Waals surface area contributed by atoms with Crippen molar-refractivity contribution in [1.82, 2.24) is 5.32 Å². The fourth-order valence-corrected chi connectivity index (χ4v) is 1.62. The second kappa shape index (κ2) is 6.91. The van der Waals surface area contributed by atoms with E-state index >= 15 is 0 Å². The summed E-state index contributed by atoms with van der Waals surface area (Å²) in [4.78, 5) is 11.6. The molecule has 5 N–H and O–H groups in total. The Hall–Kier alpha value is -1.55. The lowest BCUT2D eigenvalue weighted by atomic mass is 9.97. The third-order valence-corrected chi connectivity index (χ3v) is 2.70. The van der Waals surface area contributed by atoms with Gasteiger partial charge in [0.15, 0.2) is 0 Å². The molecule has 94 valence electrons. The van der Waals surface area contributed by atoms with Gasteiger partial charge in [0.05, 0.1) is 0 Å². The van der Waals surface area contributed by atoms with Crippen LogP contribution in [0.4, 0.5) is 5.69 Å². The first kappa shape index (κ1) is 13.5. The number of nitrogens with two attached hydrogens (primary N) is 2. The van der Waals surface area contributed by atoms with Gasteiger partial charge in [-0.25, -0.2) is 0 Å². The molecule has 0 saturated carbocycles. The second-order valence-electron chi connectivity index (χ2n) is 4.26. The van der Waals surface area contributed by atoms with Gasteiger partial charge in [-0.1, -0.05) is 19.1 Å². The van der Waals surface area contributed by atoms with Crippen LogP contribution < -0.4 is 16.8 Å². The molecular weight excluding hydrogens is 214 g/mol. The van der Waals surface area contributed by atoms with E-state index in [4.69, 9.17) is 11.5 Å². The lowest BCUT2D eigenvalue weighted by Crippen LogP contribution is -2.26. The van der Waals surface area contributed by atoms with Crippen molar-refractivity contribution < 1.29 is 4.79 Å². The standard InChI is InChI=1S/C13H21N3O/c1-10(9-13(17)16-8-2-7-14)11-3-5-12(15)6-4-11/h3-6,10H,2,7-9,14-15H2,1H3,(H,16,17). The Labute approximate surface area is 102 Å². The highest BCUT2D eigenvalue weighted by Gasteiger charge is 2.10. The summed E-state index contributed by atoms with van der Waals surface area (Å²) in [6.45, 7) is 3.30. The van der Waals surface area contributed by atoms with Crippen molar-refractivity contribution in [2.45, 2.75) is 25.7 Å². The fourth-order valence-electron chi connectivity index (χ4n) is 1.62. The number of nitrogen functional groups attached to an aromatic ring is 1. The fraction of sp³-hybridized carbons (Fsp3) is 0.462. The van der Waals surface area contributed by atoms with Crippen LogP contribution in [0.5, 0.6) is 0 Å². The smallest absolute Gasteiger partial charge is 0.220 e. The molecule has 1 atom stereocenters. The van der Waals surface area contributed by atoms with Gasteiger partial charge in [-0.15, -0.1) is 0 Å².